The second-order valence-corrected chi connectivity index (χ2v) is 6.20. The minimum Gasteiger partial charge on any atom is -0.469 e. The molecule has 0 saturated carbocycles. The highest BCUT2D eigenvalue weighted by Crippen LogP contribution is 2.21. The van der Waals surface area contributed by atoms with Crippen molar-refractivity contribution in [1.29, 1.82) is 0 Å². The van der Waals surface area contributed by atoms with Crippen molar-refractivity contribution in [3.8, 4) is 0 Å². The maximum absolute atomic E-state index is 12.1. The zero-order valence-electron chi connectivity index (χ0n) is 11.3. The molecular weight excluding hydrogens is 296 g/mol. The average molecular weight is 310 g/mol. The van der Waals surface area contributed by atoms with E-state index in [1.807, 2.05) is 0 Å². The Bertz CT molecular complexity index is 738. The summed E-state index contributed by atoms with van der Waals surface area (Å²) in [4.78, 5) is 10.1. The summed E-state index contributed by atoms with van der Waals surface area (Å²) in [5, 5.41) is 10.8. The monoisotopic (exact) mass is 310 g/mol. The van der Waals surface area contributed by atoms with Crippen molar-refractivity contribution >= 4 is 15.7 Å². The van der Waals surface area contributed by atoms with Crippen LogP contribution in [0.3, 0.4) is 0 Å². The van der Waals surface area contributed by atoms with E-state index in [1.54, 1.807) is 19.1 Å². The van der Waals surface area contributed by atoms with Gasteiger partial charge in [0.25, 0.3) is 5.69 Å². The van der Waals surface area contributed by atoms with E-state index in [9.17, 15) is 18.5 Å². The fourth-order valence-corrected chi connectivity index (χ4v) is 2.85. The normalized spacial score (nSPS) is 11.5. The summed E-state index contributed by atoms with van der Waals surface area (Å²) < 4.78 is 31.6. The molecule has 8 heteroatoms. The lowest BCUT2D eigenvalue weighted by Crippen LogP contribution is -2.26. The molecule has 0 unspecified atom stereocenters. The molecule has 0 aliphatic rings. The summed E-state index contributed by atoms with van der Waals surface area (Å²) in [5.74, 6) is 0.660. The molecule has 0 amide bonds. The Morgan fingerprint density at radius 3 is 2.71 bits per heavy atom. The molecule has 0 bridgehead atoms. The van der Waals surface area contributed by atoms with Gasteiger partial charge in [0, 0.05) is 24.6 Å². The third kappa shape index (κ3) is 3.67. The van der Waals surface area contributed by atoms with Crippen LogP contribution >= 0.6 is 0 Å². The van der Waals surface area contributed by atoms with Crippen LogP contribution in [0.25, 0.3) is 0 Å². The summed E-state index contributed by atoms with van der Waals surface area (Å²) in [6.45, 7) is 1.70. The van der Waals surface area contributed by atoms with Gasteiger partial charge in [-0.1, -0.05) is 6.07 Å². The topological polar surface area (TPSA) is 102 Å². The predicted molar refractivity (Wildman–Crippen MR) is 75.4 cm³/mol. The molecule has 0 fully saturated rings. The van der Waals surface area contributed by atoms with Crippen LogP contribution in [0.15, 0.2) is 45.9 Å². The Morgan fingerprint density at radius 1 is 1.33 bits per heavy atom. The van der Waals surface area contributed by atoms with E-state index < -0.39 is 14.9 Å². The van der Waals surface area contributed by atoms with Crippen LogP contribution < -0.4 is 4.72 Å². The molecule has 112 valence electrons. The van der Waals surface area contributed by atoms with Crippen LogP contribution in [0.1, 0.15) is 11.3 Å². The van der Waals surface area contributed by atoms with E-state index in [2.05, 4.69) is 4.72 Å². The van der Waals surface area contributed by atoms with Gasteiger partial charge in [-0.25, -0.2) is 13.1 Å². The van der Waals surface area contributed by atoms with E-state index >= 15 is 0 Å². The number of sulfonamides is 1. The lowest BCUT2D eigenvalue weighted by atomic mass is 10.2. The van der Waals surface area contributed by atoms with Crippen LogP contribution in [0, 0.1) is 17.0 Å². The van der Waals surface area contributed by atoms with Gasteiger partial charge >= 0.3 is 0 Å². The number of nitrogens with zero attached hydrogens (tertiary/aromatic N) is 1. The quantitative estimate of drug-likeness (QED) is 0.649. The smallest absolute Gasteiger partial charge is 0.273 e. The van der Waals surface area contributed by atoms with E-state index in [0.717, 1.165) is 6.07 Å². The molecular formula is C13H14N2O5S. The number of benzene rings is 1. The number of aryl methyl sites for hydroxylation is 1. The summed E-state index contributed by atoms with van der Waals surface area (Å²) in [5.41, 5.74) is 0.193. The summed E-state index contributed by atoms with van der Waals surface area (Å²) in [7, 11) is -3.78. The minimum absolute atomic E-state index is 0.126. The molecule has 2 aromatic rings. The van der Waals surface area contributed by atoms with Crippen LogP contribution in [0.2, 0.25) is 0 Å². The van der Waals surface area contributed by atoms with Crippen molar-refractivity contribution in [3.63, 3.8) is 0 Å². The zero-order chi connectivity index (χ0) is 15.5. The van der Waals surface area contributed by atoms with Crippen LogP contribution in [0.5, 0.6) is 0 Å². The van der Waals surface area contributed by atoms with Gasteiger partial charge in [-0.2, -0.15) is 0 Å². The summed E-state index contributed by atoms with van der Waals surface area (Å²) in [6.07, 6.45) is 1.91. The van der Waals surface area contributed by atoms with E-state index in [1.165, 1.54) is 18.4 Å². The van der Waals surface area contributed by atoms with Crippen molar-refractivity contribution in [2.75, 3.05) is 6.54 Å². The number of hydrogen-bond donors (Lipinski definition) is 1. The first-order valence-electron chi connectivity index (χ1n) is 6.17. The third-order valence-electron chi connectivity index (χ3n) is 2.93. The maximum atomic E-state index is 12.1. The molecule has 2 rings (SSSR count). The number of nitro benzene ring substituents is 1. The zero-order valence-corrected chi connectivity index (χ0v) is 12.1. The molecule has 1 aromatic heterocycles. The Morgan fingerprint density at radius 2 is 2.10 bits per heavy atom. The standard InChI is InChI=1S/C13H14N2O5S/c1-10-4-5-12(9-13(10)15(16)17)21(18,19)14-7-6-11-3-2-8-20-11/h2-5,8-9,14H,6-7H2,1H3. The molecule has 1 heterocycles. The molecule has 21 heavy (non-hydrogen) atoms. The van der Waals surface area contributed by atoms with Gasteiger partial charge in [0.15, 0.2) is 0 Å². The Kier molecular flexibility index (Phi) is 4.39. The molecule has 1 aromatic carbocycles. The van der Waals surface area contributed by atoms with Gasteiger partial charge in [-0.15, -0.1) is 0 Å². The van der Waals surface area contributed by atoms with E-state index in [4.69, 9.17) is 4.42 Å². The second kappa shape index (κ2) is 6.06. The molecule has 1 N–H and O–H groups in total. The Labute approximate surface area is 121 Å². The molecule has 0 spiro atoms. The van der Waals surface area contributed by atoms with Gasteiger partial charge < -0.3 is 4.42 Å². The highest BCUT2D eigenvalue weighted by molar-refractivity contribution is 7.89. The average Bonchev–Trinajstić information content (AvgIpc) is 2.91. The molecule has 0 atom stereocenters. The number of hydrogen-bond acceptors (Lipinski definition) is 5. The predicted octanol–water partition coefficient (Wildman–Crippen LogP) is 2.02. The maximum Gasteiger partial charge on any atom is 0.273 e. The SMILES string of the molecule is Cc1ccc(S(=O)(=O)NCCc2ccco2)cc1[N+](=O)[O-]. The number of furan rings is 1. The van der Waals surface area contributed by atoms with Crippen molar-refractivity contribution in [2.45, 2.75) is 18.2 Å². The van der Waals surface area contributed by atoms with Gasteiger partial charge in [0.1, 0.15) is 5.76 Å². The van der Waals surface area contributed by atoms with Gasteiger partial charge in [-0.3, -0.25) is 10.1 Å². The van der Waals surface area contributed by atoms with Crippen molar-refractivity contribution in [1.82, 2.24) is 4.72 Å². The first kappa shape index (κ1) is 15.2. The number of rotatable bonds is 6. The van der Waals surface area contributed by atoms with Crippen LogP contribution in [0.4, 0.5) is 5.69 Å². The number of nitrogens with one attached hydrogen (secondary N) is 1. The lowest BCUT2D eigenvalue weighted by Gasteiger charge is -2.06. The van der Waals surface area contributed by atoms with Crippen molar-refractivity contribution in [3.05, 3.63) is 58.0 Å². The first-order valence-corrected chi connectivity index (χ1v) is 7.65. The molecule has 0 saturated heterocycles. The van der Waals surface area contributed by atoms with Crippen molar-refractivity contribution in [2.24, 2.45) is 0 Å². The van der Waals surface area contributed by atoms with Gasteiger partial charge in [0.05, 0.1) is 16.1 Å². The van der Waals surface area contributed by atoms with E-state index in [0.29, 0.717) is 17.7 Å². The largest absolute Gasteiger partial charge is 0.469 e. The highest BCUT2D eigenvalue weighted by Gasteiger charge is 2.19. The van der Waals surface area contributed by atoms with Crippen LogP contribution in [-0.4, -0.2) is 19.9 Å². The van der Waals surface area contributed by atoms with Crippen molar-refractivity contribution < 1.29 is 17.8 Å². The first-order chi connectivity index (χ1) is 9.90. The molecule has 7 nitrogen and oxygen atoms in total. The lowest BCUT2D eigenvalue weighted by molar-refractivity contribution is -0.385. The molecule has 0 aliphatic heterocycles. The Hall–Kier alpha value is -2.19. The Balaban J connectivity index is 2.12. The van der Waals surface area contributed by atoms with Gasteiger partial charge in [0.2, 0.25) is 10.0 Å². The third-order valence-corrected chi connectivity index (χ3v) is 4.39. The molecule has 0 aliphatic carbocycles. The van der Waals surface area contributed by atoms with Crippen LogP contribution in [-0.2, 0) is 16.4 Å². The summed E-state index contributed by atoms with van der Waals surface area (Å²) >= 11 is 0. The fourth-order valence-electron chi connectivity index (χ4n) is 1.80. The van der Waals surface area contributed by atoms with Gasteiger partial charge in [-0.05, 0) is 25.1 Å². The second-order valence-electron chi connectivity index (χ2n) is 4.43. The molecule has 0 radical (unpaired) electrons. The highest BCUT2D eigenvalue weighted by atomic mass is 32.2. The van der Waals surface area contributed by atoms with E-state index in [-0.39, 0.29) is 17.1 Å². The number of nitro groups is 1. The minimum atomic E-state index is -3.78. The fraction of sp³-hybridized carbons (Fsp3) is 0.231. The summed E-state index contributed by atoms with van der Waals surface area (Å²) in [6, 6.07) is 7.28.